The van der Waals surface area contributed by atoms with Crippen molar-refractivity contribution in [2.75, 3.05) is 5.73 Å². The third kappa shape index (κ3) is 3.63. The Labute approximate surface area is 138 Å². The van der Waals surface area contributed by atoms with E-state index in [4.69, 9.17) is 10.5 Å². The Bertz CT molecular complexity index is 888. The van der Waals surface area contributed by atoms with Crippen LogP contribution in [0.4, 0.5) is 10.1 Å². The molecule has 0 aliphatic heterocycles. The maximum absolute atomic E-state index is 13.6. The van der Waals surface area contributed by atoms with Crippen LogP contribution in [0, 0.1) is 5.82 Å². The molecule has 0 unspecified atom stereocenters. The second kappa shape index (κ2) is 7.00. The van der Waals surface area contributed by atoms with Crippen LogP contribution < -0.4 is 16.0 Å². The maximum atomic E-state index is 13.6. The number of hydrogen-bond donors (Lipinski definition) is 1. The molecule has 4 nitrogen and oxygen atoms in total. The van der Waals surface area contributed by atoms with Gasteiger partial charge in [-0.15, -0.1) is 0 Å². The van der Waals surface area contributed by atoms with Gasteiger partial charge in [-0.1, -0.05) is 30.3 Å². The predicted molar refractivity (Wildman–Crippen MR) is 91.4 cm³/mol. The fourth-order valence-corrected chi connectivity index (χ4v) is 2.34. The minimum absolute atomic E-state index is 0.00774. The first-order valence-corrected chi connectivity index (χ1v) is 7.53. The smallest absolute Gasteiger partial charge is 0.293 e. The van der Waals surface area contributed by atoms with E-state index in [1.807, 2.05) is 12.1 Å². The van der Waals surface area contributed by atoms with Gasteiger partial charge in [-0.3, -0.25) is 4.79 Å². The number of aromatic nitrogens is 1. The lowest BCUT2D eigenvalue weighted by Crippen LogP contribution is -2.21. The molecule has 0 radical (unpaired) electrons. The summed E-state index contributed by atoms with van der Waals surface area (Å²) in [5, 5.41) is 0. The predicted octanol–water partition coefficient (Wildman–Crippen LogP) is 3.20. The monoisotopic (exact) mass is 324 g/mol. The number of benzene rings is 2. The zero-order chi connectivity index (χ0) is 16.9. The summed E-state index contributed by atoms with van der Waals surface area (Å²) in [5.41, 5.74) is 7.44. The number of hydrogen-bond acceptors (Lipinski definition) is 3. The van der Waals surface area contributed by atoms with Crippen molar-refractivity contribution in [1.82, 2.24) is 4.57 Å². The number of rotatable bonds is 5. The lowest BCUT2D eigenvalue weighted by atomic mass is 10.2. The Hall–Kier alpha value is -3.08. The van der Waals surface area contributed by atoms with Crippen LogP contribution in [-0.2, 0) is 13.2 Å². The van der Waals surface area contributed by atoms with Gasteiger partial charge in [-0.25, -0.2) is 4.39 Å². The fraction of sp³-hybridized carbons (Fsp3) is 0.105. The van der Waals surface area contributed by atoms with Crippen molar-refractivity contribution >= 4 is 5.69 Å². The number of nitrogens with zero attached hydrogens (tertiary/aromatic N) is 1. The minimum atomic E-state index is -0.351. The van der Waals surface area contributed by atoms with E-state index in [-0.39, 0.29) is 23.7 Å². The average molecular weight is 324 g/mol. The van der Waals surface area contributed by atoms with Gasteiger partial charge in [0.2, 0.25) is 0 Å². The molecule has 3 aromatic rings. The van der Waals surface area contributed by atoms with E-state index in [1.54, 1.807) is 53.2 Å². The molecule has 0 saturated heterocycles. The largest absolute Gasteiger partial charge is 0.483 e. The molecule has 1 aromatic heterocycles. The second-order valence-corrected chi connectivity index (χ2v) is 5.43. The van der Waals surface area contributed by atoms with Crippen molar-refractivity contribution in [3.63, 3.8) is 0 Å². The molecule has 0 spiro atoms. The van der Waals surface area contributed by atoms with Crippen molar-refractivity contribution in [3.8, 4) is 5.75 Å². The van der Waals surface area contributed by atoms with Gasteiger partial charge in [0, 0.05) is 17.4 Å². The summed E-state index contributed by atoms with van der Waals surface area (Å²) in [6.07, 6.45) is 1.69. The van der Waals surface area contributed by atoms with E-state index in [9.17, 15) is 9.18 Å². The highest BCUT2D eigenvalue weighted by Gasteiger charge is 2.07. The lowest BCUT2D eigenvalue weighted by Gasteiger charge is -2.10. The Morgan fingerprint density at radius 1 is 1.00 bits per heavy atom. The first kappa shape index (κ1) is 15.8. The van der Waals surface area contributed by atoms with E-state index < -0.39 is 0 Å². The highest BCUT2D eigenvalue weighted by Crippen LogP contribution is 2.12. The van der Waals surface area contributed by atoms with Crippen molar-refractivity contribution in [1.29, 1.82) is 0 Å². The summed E-state index contributed by atoms with van der Waals surface area (Å²) in [6, 6.07) is 17.0. The highest BCUT2D eigenvalue weighted by atomic mass is 19.1. The standard InChI is InChI=1S/C19H17FN2O2/c20-17-5-2-1-4-15(17)13-24-18-6-3-11-22(19(18)23)12-14-7-9-16(21)10-8-14/h1-11H,12-13,21H2. The molecule has 1 heterocycles. The molecule has 2 N–H and O–H groups in total. The van der Waals surface area contributed by atoms with Crippen molar-refractivity contribution in [3.05, 3.63) is 94.2 Å². The normalized spacial score (nSPS) is 10.5. The van der Waals surface area contributed by atoms with E-state index in [1.165, 1.54) is 6.07 Å². The first-order chi connectivity index (χ1) is 11.6. The molecule has 2 aromatic carbocycles. The molecule has 0 saturated carbocycles. The van der Waals surface area contributed by atoms with Gasteiger partial charge in [0.15, 0.2) is 5.75 Å². The SMILES string of the molecule is Nc1ccc(Cn2cccc(OCc3ccccc3F)c2=O)cc1. The van der Waals surface area contributed by atoms with Crippen LogP contribution in [0.15, 0.2) is 71.7 Å². The summed E-state index contributed by atoms with van der Waals surface area (Å²) < 4.78 is 20.7. The molecule has 0 aliphatic carbocycles. The fourth-order valence-electron chi connectivity index (χ4n) is 2.34. The van der Waals surface area contributed by atoms with Crippen LogP contribution >= 0.6 is 0 Å². The van der Waals surface area contributed by atoms with Gasteiger partial charge in [0.05, 0.1) is 6.54 Å². The Kier molecular flexibility index (Phi) is 4.61. The van der Waals surface area contributed by atoms with Gasteiger partial charge >= 0.3 is 0 Å². The summed E-state index contributed by atoms with van der Waals surface area (Å²) in [5.74, 6) is -0.160. The van der Waals surface area contributed by atoms with Crippen LogP contribution in [-0.4, -0.2) is 4.57 Å². The van der Waals surface area contributed by atoms with Crippen molar-refractivity contribution in [2.24, 2.45) is 0 Å². The van der Waals surface area contributed by atoms with Crippen molar-refractivity contribution in [2.45, 2.75) is 13.2 Å². The van der Waals surface area contributed by atoms with E-state index in [2.05, 4.69) is 0 Å². The maximum Gasteiger partial charge on any atom is 0.293 e. The molecule has 3 rings (SSSR count). The quantitative estimate of drug-likeness (QED) is 0.733. The van der Waals surface area contributed by atoms with E-state index >= 15 is 0 Å². The molecular formula is C19H17FN2O2. The molecule has 0 bridgehead atoms. The zero-order valence-corrected chi connectivity index (χ0v) is 13.0. The number of ether oxygens (including phenoxy) is 1. The summed E-state index contributed by atoms with van der Waals surface area (Å²) in [7, 11) is 0. The average Bonchev–Trinajstić information content (AvgIpc) is 2.59. The van der Waals surface area contributed by atoms with Crippen molar-refractivity contribution < 1.29 is 9.13 Å². The van der Waals surface area contributed by atoms with Gasteiger partial charge in [0.1, 0.15) is 12.4 Å². The third-order valence-corrected chi connectivity index (χ3v) is 3.66. The van der Waals surface area contributed by atoms with Crippen LogP contribution in [0.2, 0.25) is 0 Å². The number of pyridine rings is 1. The molecule has 0 fully saturated rings. The Balaban J connectivity index is 1.77. The molecule has 24 heavy (non-hydrogen) atoms. The van der Waals surface area contributed by atoms with E-state index in [0.717, 1.165) is 5.56 Å². The molecular weight excluding hydrogens is 307 g/mol. The summed E-state index contributed by atoms with van der Waals surface area (Å²) in [6.45, 7) is 0.420. The van der Waals surface area contributed by atoms with Crippen LogP contribution in [0.25, 0.3) is 0 Å². The number of nitrogen functional groups attached to an aromatic ring is 1. The van der Waals surface area contributed by atoms with Gasteiger partial charge in [-0.05, 0) is 35.9 Å². The third-order valence-electron chi connectivity index (χ3n) is 3.66. The molecule has 0 aliphatic rings. The topological polar surface area (TPSA) is 57.2 Å². The number of nitrogens with two attached hydrogens (primary N) is 1. The van der Waals surface area contributed by atoms with Crippen LogP contribution in [0.3, 0.4) is 0 Å². The van der Waals surface area contributed by atoms with Gasteiger partial charge in [-0.2, -0.15) is 0 Å². The summed E-state index contributed by atoms with van der Waals surface area (Å²) in [4.78, 5) is 12.5. The zero-order valence-electron chi connectivity index (χ0n) is 13.0. The second-order valence-electron chi connectivity index (χ2n) is 5.43. The summed E-state index contributed by atoms with van der Waals surface area (Å²) >= 11 is 0. The molecule has 5 heteroatoms. The molecule has 0 atom stereocenters. The van der Waals surface area contributed by atoms with Gasteiger partial charge in [0.25, 0.3) is 5.56 Å². The molecule has 122 valence electrons. The highest BCUT2D eigenvalue weighted by molar-refractivity contribution is 5.39. The number of halogens is 1. The minimum Gasteiger partial charge on any atom is -0.483 e. The van der Waals surface area contributed by atoms with Gasteiger partial charge < -0.3 is 15.0 Å². The lowest BCUT2D eigenvalue weighted by molar-refractivity contribution is 0.293. The number of anilines is 1. The Morgan fingerprint density at radius 2 is 1.75 bits per heavy atom. The van der Waals surface area contributed by atoms with Crippen LogP contribution in [0.5, 0.6) is 5.75 Å². The Morgan fingerprint density at radius 3 is 2.50 bits per heavy atom. The first-order valence-electron chi connectivity index (χ1n) is 7.53. The van der Waals surface area contributed by atoms with E-state index in [0.29, 0.717) is 17.8 Å². The van der Waals surface area contributed by atoms with Crippen LogP contribution in [0.1, 0.15) is 11.1 Å². The molecule has 0 amide bonds.